The van der Waals surface area contributed by atoms with E-state index in [4.69, 9.17) is 0 Å². The van der Waals surface area contributed by atoms with Crippen LogP contribution in [0.25, 0.3) is 21.3 Å². The van der Waals surface area contributed by atoms with Crippen molar-refractivity contribution in [2.45, 2.75) is 44.8 Å². The maximum atomic E-state index is 13.3. The summed E-state index contributed by atoms with van der Waals surface area (Å²) < 4.78 is 25.2. The zero-order chi connectivity index (χ0) is 21.8. The van der Waals surface area contributed by atoms with Crippen LogP contribution in [-0.4, -0.2) is 52.4 Å². The van der Waals surface area contributed by atoms with Crippen molar-refractivity contribution < 1.29 is 13.2 Å². The van der Waals surface area contributed by atoms with E-state index in [0.29, 0.717) is 16.6 Å². The molecule has 0 spiro atoms. The molecule has 2 fully saturated rings. The van der Waals surface area contributed by atoms with E-state index in [-0.39, 0.29) is 41.6 Å². The highest BCUT2D eigenvalue weighted by molar-refractivity contribution is 7.91. The standard InChI is InChI=1S/C22H23N3O4S2/c1-14-2-4-15(5-3-14)18-11-30-21-20(18)22(27)24(13-23-21)10-19(26)25(16-6-7-16)17-8-9-31(28,29)12-17/h2-5,11,13,16-17H,6-10,12H2,1H3/t17-/m1/s1. The first kappa shape index (κ1) is 20.4. The summed E-state index contributed by atoms with van der Waals surface area (Å²) in [5.74, 6) is -0.0695. The molecule has 2 aliphatic rings. The van der Waals surface area contributed by atoms with Gasteiger partial charge in [0.1, 0.15) is 11.4 Å². The second-order valence-electron chi connectivity index (χ2n) is 8.46. The van der Waals surface area contributed by atoms with E-state index >= 15 is 0 Å². The van der Waals surface area contributed by atoms with Crippen LogP contribution in [0.5, 0.6) is 0 Å². The van der Waals surface area contributed by atoms with Crippen molar-refractivity contribution >= 4 is 37.3 Å². The van der Waals surface area contributed by atoms with E-state index in [1.54, 1.807) is 4.90 Å². The Balaban J connectivity index is 1.47. The van der Waals surface area contributed by atoms with Crippen molar-refractivity contribution in [2.75, 3.05) is 11.5 Å². The molecule has 31 heavy (non-hydrogen) atoms. The van der Waals surface area contributed by atoms with Gasteiger partial charge in [-0.15, -0.1) is 11.3 Å². The largest absolute Gasteiger partial charge is 0.334 e. The molecule has 2 aromatic heterocycles. The summed E-state index contributed by atoms with van der Waals surface area (Å²) in [7, 11) is -3.09. The summed E-state index contributed by atoms with van der Waals surface area (Å²) in [4.78, 5) is 33.2. The van der Waals surface area contributed by atoms with Crippen LogP contribution in [0.1, 0.15) is 24.8 Å². The third-order valence-corrected chi connectivity index (χ3v) is 8.70. The van der Waals surface area contributed by atoms with Crippen LogP contribution in [-0.2, 0) is 21.2 Å². The highest BCUT2D eigenvalue weighted by Crippen LogP contribution is 2.33. The van der Waals surface area contributed by atoms with E-state index in [2.05, 4.69) is 4.98 Å². The molecule has 0 N–H and O–H groups in total. The number of benzene rings is 1. The number of hydrogen-bond donors (Lipinski definition) is 0. The lowest BCUT2D eigenvalue weighted by molar-refractivity contribution is -0.134. The average molecular weight is 458 g/mol. The maximum absolute atomic E-state index is 13.3. The molecule has 1 aliphatic carbocycles. The minimum Gasteiger partial charge on any atom is -0.334 e. The minimum atomic E-state index is -3.09. The minimum absolute atomic E-state index is 0.0174. The van der Waals surface area contributed by atoms with Gasteiger partial charge in [-0.1, -0.05) is 29.8 Å². The second-order valence-corrected chi connectivity index (χ2v) is 11.5. The van der Waals surface area contributed by atoms with Gasteiger partial charge in [0.2, 0.25) is 5.91 Å². The van der Waals surface area contributed by atoms with E-state index < -0.39 is 9.84 Å². The molecule has 1 saturated heterocycles. The SMILES string of the molecule is Cc1ccc(-c2csc3ncn(CC(=O)N(C4CC4)[C@@H]4CCS(=O)(=O)C4)c(=O)c23)cc1. The lowest BCUT2D eigenvalue weighted by Crippen LogP contribution is -2.45. The van der Waals surface area contributed by atoms with E-state index in [0.717, 1.165) is 29.5 Å². The van der Waals surface area contributed by atoms with Gasteiger partial charge in [0.05, 0.1) is 23.2 Å². The molecule has 9 heteroatoms. The van der Waals surface area contributed by atoms with Crippen molar-refractivity contribution in [3.63, 3.8) is 0 Å². The van der Waals surface area contributed by atoms with Crippen molar-refractivity contribution in [3.8, 4) is 11.1 Å². The number of aromatic nitrogens is 2. The summed E-state index contributed by atoms with van der Waals surface area (Å²) >= 11 is 1.41. The Labute approximate surface area is 184 Å². The van der Waals surface area contributed by atoms with Gasteiger partial charge in [-0.05, 0) is 31.7 Å². The Morgan fingerprint density at radius 3 is 2.58 bits per heavy atom. The number of hydrogen-bond acceptors (Lipinski definition) is 6. The topological polar surface area (TPSA) is 89.3 Å². The van der Waals surface area contributed by atoms with Crippen LogP contribution in [0.2, 0.25) is 0 Å². The first-order valence-corrected chi connectivity index (χ1v) is 13.1. The fourth-order valence-corrected chi connectivity index (χ4v) is 6.92. The molecule has 0 radical (unpaired) electrons. The average Bonchev–Trinajstić information content (AvgIpc) is 3.35. The summed E-state index contributed by atoms with van der Waals surface area (Å²) in [6.07, 6.45) is 3.67. The van der Waals surface area contributed by atoms with E-state index in [1.165, 1.54) is 22.2 Å². The third kappa shape index (κ3) is 3.92. The normalized spacial score (nSPS) is 20.2. The summed E-state index contributed by atoms with van der Waals surface area (Å²) in [6.45, 7) is 1.88. The van der Waals surface area contributed by atoms with Gasteiger partial charge in [0.15, 0.2) is 9.84 Å². The molecule has 5 rings (SSSR count). The molecule has 1 atom stereocenters. The Kier molecular flexibility index (Phi) is 4.97. The Morgan fingerprint density at radius 1 is 1.19 bits per heavy atom. The van der Waals surface area contributed by atoms with Crippen LogP contribution < -0.4 is 5.56 Å². The predicted molar refractivity (Wildman–Crippen MR) is 121 cm³/mol. The summed E-state index contributed by atoms with van der Waals surface area (Å²) in [6, 6.07) is 7.76. The Bertz CT molecular complexity index is 1320. The van der Waals surface area contributed by atoms with Crippen LogP contribution >= 0.6 is 11.3 Å². The molecule has 1 amide bonds. The fourth-order valence-electron chi connectivity index (χ4n) is 4.31. The van der Waals surface area contributed by atoms with Gasteiger partial charge < -0.3 is 4.90 Å². The number of rotatable bonds is 5. The predicted octanol–water partition coefficient (Wildman–Crippen LogP) is 2.61. The first-order valence-electron chi connectivity index (χ1n) is 10.4. The lowest BCUT2D eigenvalue weighted by Gasteiger charge is -2.28. The maximum Gasteiger partial charge on any atom is 0.263 e. The number of carbonyl (C=O) groups excluding carboxylic acids is 1. The molecule has 1 saturated carbocycles. The molecular formula is C22H23N3O4S2. The van der Waals surface area contributed by atoms with Crippen LogP contribution in [0.4, 0.5) is 0 Å². The molecule has 3 heterocycles. The molecule has 1 aliphatic heterocycles. The van der Waals surface area contributed by atoms with E-state index in [9.17, 15) is 18.0 Å². The Hall–Kier alpha value is -2.52. The quantitative estimate of drug-likeness (QED) is 0.588. The van der Waals surface area contributed by atoms with Gasteiger partial charge in [-0.3, -0.25) is 14.2 Å². The number of amides is 1. The number of fused-ring (bicyclic) bond motifs is 1. The zero-order valence-corrected chi connectivity index (χ0v) is 18.8. The number of sulfone groups is 1. The van der Waals surface area contributed by atoms with Crippen molar-refractivity contribution in [1.29, 1.82) is 0 Å². The van der Waals surface area contributed by atoms with Gasteiger partial charge >= 0.3 is 0 Å². The molecule has 0 unspecified atom stereocenters. The zero-order valence-electron chi connectivity index (χ0n) is 17.2. The van der Waals surface area contributed by atoms with Crippen molar-refractivity contribution in [3.05, 3.63) is 51.9 Å². The first-order chi connectivity index (χ1) is 14.8. The number of thiophene rings is 1. The molecule has 7 nitrogen and oxygen atoms in total. The molecule has 0 bridgehead atoms. The number of aryl methyl sites for hydroxylation is 1. The fraction of sp³-hybridized carbons (Fsp3) is 0.409. The van der Waals surface area contributed by atoms with Gasteiger partial charge in [0.25, 0.3) is 5.56 Å². The van der Waals surface area contributed by atoms with Gasteiger partial charge in [0, 0.05) is 23.0 Å². The third-order valence-electron chi connectivity index (χ3n) is 6.06. The van der Waals surface area contributed by atoms with Crippen LogP contribution in [0.3, 0.4) is 0 Å². The monoisotopic (exact) mass is 457 g/mol. The summed E-state index contributed by atoms with van der Waals surface area (Å²) in [5.41, 5.74) is 2.65. The van der Waals surface area contributed by atoms with Gasteiger partial charge in [-0.25, -0.2) is 13.4 Å². The highest BCUT2D eigenvalue weighted by Gasteiger charge is 2.42. The van der Waals surface area contributed by atoms with Crippen molar-refractivity contribution in [2.24, 2.45) is 0 Å². The summed E-state index contributed by atoms with van der Waals surface area (Å²) in [5, 5.41) is 2.45. The Morgan fingerprint density at radius 2 is 1.94 bits per heavy atom. The van der Waals surface area contributed by atoms with Crippen LogP contribution in [0, 0.1) is 6.92 Å². The van der Waals surface area contributed by atoms with Gasteiger partial charge in [-0.2, -0.15) is 0 Å². The smallest absolute Gasteiger partial charge is 0.263 e. The molecule has 162 valence electrons. The molecular weight excluding hydrogens is 434 g/mol. The second kappa shape index (κ2) is 7.56. The lowest BCUT2D eigenvalue weighted by atomic mass is 10.1. The number of nitrogens with zero attached hydrogens (tertiary/aromatic N) is 3. The highest BCUT2D eigenvalue weighted by atomic mass is 32.2. The molecule has 1 aromatic carbocycles. The van der Waals surface area contributed by atoms with Crippen molar-refractivity contribution in [1.82, 2.24) is 14.5 Å². The van der Waals surface area contributed by atoms with E-state index in [1.807, 2.05) is 36.6 Å². The number of carbonyl (C=O) groups is 1. The molecule has 3 aromatic rings. The van der Waals surface area contributed by atoms with Crippen LogP contribution in [0.15, 0.2) is 40.8 Å².